The van der Waals surface area contributed by atoms with Crippen LogP contribution in [0, 0.1) is 13.8 Å². The standard InChI is InChI=1S/C18H34N6S.HI/c1-5-19-18(21-14-17-15(2)22-16(3)25-17)20-8-6-7-9-24-12-10-23(4)11-13-24;/h5-14H2,1-4H3,(H2,19,20,21);1H. The summed E-state index contributed by atoms with van der Waals surface area (Å²) in [6.45, 7) is 14.8. The normalized spacial score (nSPS) is 16.4. The predicted molar refractivity (Wildman–Crippen MR) is 123 cm³/mol. The van der Waals surface area contributed by atoms with Crippen molar-refractivity contribution in [2.45, 2.75) is 40.2 Å². The summed E-state index contributed by atoms with van der Waals surface area (Å²) >= 11 is 1.74. The molecule has 0 bridgehead atoms. The van der Waals surface area contributed by atoms with Gasteiger partial charge in [-0.25, -0.2) is 9.98 Å². The number of unbranched alkanes of at least 4 members (excludes halogenated alkanes) is 1. The first-order valence-electron chi connectivity index (χ1n) is 9.44. The van der Waals surface area contributed by atoms with Crippen LogP contribution in [-0.4, -0.2) is 73.6 Å². The third-order valence-electron chi connectivity index (χ3n) is 4.51. The minimum Gasteiger partial charge on any atom is -0.357 e. The van der Waals surface area contributed by atoms with Crippen molar-refractivity contribution in [1.82, 2.24) is 25.4 Å². The summed E-state index contributed by atoms with van der Waals surface area (Å²) in [5.41, 5.74) is 1.11. The van der Waals surface area contributed by atoms with Crippen molar-refractivity contribution >= 4 is 41.3 Å². The molecule has 0 radical (unpaired) electrons. The number of nitrogens with one attached hydrogen (secondary N) is 2. The first-order valence-corrected chi connectivity index (χ1v) is 10.3. The zero-order chi connectivity index (χ0) is 18.1. The average Bonchev–Trinajstić information content (AvgIpc) is 2.91. The summed E-state index contributed by atoms with van der Waals surface area (Å²) in [6, 6.07) is 0. The number of aryl methyl sites for hydroxylation is 2. The summed E-state index contributed by atoms with van der Waals surface area (Å²) in [6.07, 6.45) is 2.42. The van der Waals surface area contributed by atoms with Gasteiger partial charge in [-0.2, -0.15) is 0 Å². The van der Waals surface area contributed by atoms with Crippen LogP contribution in [0.25, 0.3) is 0 Å². The molecule has 2 rings (SSSR count). The van der Waals surface area contributed by atoms with Crippen molar-refractivity contribution in [1.29, 1.82) is 0 Å². The minimum absolute atomic E-state index is 0. The molecule has 0 aliphatic carbocycles. The Hall–Kier alpha value is -0.450. The molecule has 0 atom stereocenters. The monoisotopic (exact) mass is 494 g/mol. The number of hydrogen-bond acceptors (Lipinski definition) is 5. The third-order valence-corrected chi connectivity index (χ3v) is 5.57. The highest BCUT2D eigenvalue weighted by Gasteiger charge is 2.12. The Morgan fingerprint density at radius 2 is 1.88 bits per heavy atom. The maximum atomic E-state index is 4.70. The lowest BCUT2D eigenvalue weighted by molar-refractivity contribution is 0.152. The van der Waals surface area contributed by atoms with Crippen LogP contribution in [0.15, 0.2) is 4.99 Å². The lowest BCUT2D eigenvalue weighted by atomic mass is 10.2. The average molecular weight is 494 g/mol. The maximum absolute atomic E-state index is 4.70. The number of halogens is 1. The van der Waals surface area contributed by atoms with Gasteiger partial charge in [0.2, 0.25) is 0 Å². The minimum atomic E-state index is 0. The summed E-state index contributed by atoms with van der Waals surface area (Å²) in [4.78, 5) is 15.4. The van der Waals surface area contributed by atoms with Crippen molar-refractivity contribution in [2.75, 3.05) is 52.9 Å². The van der Waals surface area contributed by atoms with Gasteiger partial charge < -0.3 is 20.4 Å². The lowest BCUT2D eigenvalue weighted by Crippen LogP contribution is -2.44. The number of rotatable bonds is 8. The Labute approximate surface area is 179 Å². The van der Waals surface area contributed by atoms with Gasteiger partial charge in [-0.3, -0.25) is 0 Å². The number of thiazole rings is 1. The van der Waals surface area contributed by atoms with Crippen molar-refractivity contribution < 1.29 is 0 Å². The maximum Gasteiger partial charge on any atom is 0.191 e. The second-order valence-corrected chi connectivity index (χ2v) is 8.00. The van der Waals surface area contributed by atoms with Gasteiger partial charge in [0.25, 0.3) is 0 Å². The number of piperazine rings is 1. The van der Waals surface area contributed by atoms with Crippen LogP contribution in [0.5, 0.6) is 0 Å². The quantitative estimate of drug-likeness (QED) is 0.252. The van der Waals surface area contributed by atoms with Crippen LogP contribution in [0.3, 0.4) is 0 Å². The van der Waals surface area contributed by atoms with Crippen molar-refractivity contribution in [3.8, 4) is 0 Å². The van der Waals surface area contributed by atoms with Gasteiger partial charge in [-0.1, -0.05) is 0 Å². The smallest absolute Gasteiger partial charge is 0.191 e. The van der Waals surface area contributed by atoms with Crippen LogP contribution in [0.2, 0.25) is 0 Å². The number of guanidine groups is 1. The van der Waals surface area contributed by atoms with Crippen molar-refractivity contribution in [3.63, 3.8) is 0 Å². The molecule has 2 N–H and O–H groups in total. The van der Waals surface area contributed by atoms with E-state index in [4.69, 9.17) is 4.99 Å². The Bertz CT molecular complexity index is 540. The molecule has 0 saturated carbocycles. The second-order valence-electron chi connectivity index (χ2n) is 6.72. The molecule has 2 heterocycles. The SMILES string of the molecule is CCNC(=NCc1sc(C)nc1C)NCCCCN1CCN(C)CC1.I. The van der Waals surface area contributed by atoms with Gasteiger partial charge in [-0.15, -0.1) is 35.3 Å². The van der Waals surface area contributed by atoms with E-state index in [9.17, 15) is 0 Å². The Balaban J connectivity index is 0.00000338. The van der Waals surface area contributed by atoms with Gasteiger partial charge in [0, 0.05) is 44.1 Å². The van der Waals surface area contributed by atoms with Crippen LogP contribution in [0.1, 0.15) is 35.3 Å². The van der Waals surface area contributed by atoms with Crippen LogP contribution in [0.4, 0.5) is 0 Å². The molecular formula is C18H35IN6S. The van der Waals surface area contributed by atoms with E-state index in [1.165, 1.54) is 50.4 Å². The molecule has 1 aromatic rings. The van der Waals surface area contributed by atoms with E-state index in [2.05, 4.69) is 53.2 Å². The summed E-state index contributed by atoms with van der Waals surface area (Å²) < 4.78 is 0. The molecule has 150 valence electrons. The second kappa shape index (κ2) is 12.9. The number of likely N-dealkylation sites (N-methyl/N-ethyl adjacent to an activating group) is 1. The first kappa shape index (κ1) is 23.6. The Morgan fingerprint density at radius 1 is 1.15 bits per heavy atom. The zero-order valence-electron chi connectivity index (χ0n) is 16.7. The highest BCUT2D eigenvalue weighted by molar-refractivity contribution is 14.0. The van der Waals surface area contributed by atoms with E-state index in [-0.39, 0.29) is 24.0 Å². The Kier molecular flexibility index (Phi) is 11.7. The molecular weight excluding hydrogens is 459 g/mol. The van der Waals surface area contributed by atoms with Gasteiger partial charge >= 0.3 is 0 Å². The molecule has 1 fully saturated rings. The molecule has 1 aliphatic heterocycles. The van der Waals surface area contributed by atoms with Gasteiger partial charge in [0.15, 0.2) is 5.96 Å². The fourth-order valence-corrected chi connectivity index (χ4v) is 3.81. The number of hydrogen-bond donors (Lipinski definition) is 2. The highest BCUT2D eigenvalue weighted by atomic mass is 127. The number of nitrogens with zero attached hydrogens (tertiary/aromatic N) is 4. The van der Waals surface area contributed by atoms with Gasteiger partial charge in [-0.05, 0) is 47.2 Å². The molecule has 0 spiro atoms. The third kappa shape index (κ3) is 8.49. The molecule has 0 aromatic carbocycles. The molecule has 0 amide bonds. The molecule has 6 nitrogen and oxygen atoms in total. The van der Waals surface area contributed by atoms with Crippen molar-refractivity contribution in [2.24, 2.45) is 4.99 Å². The fourth-order valence-electron chi connectivity index (χ4n) is 2.95. The summed E-state index contributed by atoms with van der Waals surface area (Å²) in [7, 11) is 2.21. The van der Waals surface area contributed by atoms with E-state index >= 15 is 0 Å². The number of aliphatic imine (C=N–C) groups is 1. The zero-order valence-corrected chi connectivity index (χ0v) is 19.8. The predicted octanol–water partition coefficient (Wildman–Crippen LogP) is 2.46. The summed E-state index contributed by atoms with van der Waals surface area (Å²) in [5.74, 6) is 0.910. The highest BCUT2D eigenvalue weighted by Crippen LogP contribution is 2.17. The van der Waals surface area contributed by atoms with E-state index in [1.807, 2.05) is 0 Å². The summed E-state index contributed by atoms with van der Waals surface area (Å²) in [5, 5.41) is 7.91. The van der Waals surface area contributed by atoms with E-state index in [0.29, 0.717) is 6.54 Å². The first-order chi connectivity index (χ1) is 12.1. The van der Waals surface area contributed by atoms with Crippen LogP contribution >= 0.6 is 35.3 Å². The van der Waals surface area contributed by atoms with Gasteiger partial charge in [0.05, 0.1) is 17.2 Å². The molecule has 26 heavy (non-hydrogen) atoms. The van der Waals surface area contributed by atoms with E-state index < -0.39 is 0 Å². The molecule has 1 aromatic heterocycles. The molecule has 1 aliphatic rings. The molecule has 8 heteroatoms. The van der Waals surface area contributed by atoms with E-state index in [0.717, 1.165) is 29.8 Å². The van der Waals surface area contributed by atoms with E-state index in [1.54, 1.807) is 11.3 Å². The molecule has 1 saturated heterocycles. The van der Waals surface area contributed by atoms with Crippen molar-refractivity contribution in [3.05, 3.63) is 15.6 Å². The molecule has 0 unspecified atom stereocenters. The largest absolute Gasteiger partial charge is 0.357 e. The van der Waals surface area contributed by atoms with Gasteiger partial charge in [0.1, 0.15) is 0 Å². The lowest BCUT2D eigenvalue weighted by Gasteiger charge is -2.32. The number of aromatic nitrogens is 1. The Morgan fingerprint density at radius 3 is 2.50 bits per heavy atom. The van der Waals surface area contributed by atoms with Crippen LogP contribution in [-0.2, 0) is 6.54 Å². The topological polar surface area (TPSA) is 55.8 Å². The van der Waals surface area contributed by atoms with Crippen LogP contribution < -0.4 is 10.6 Å². The fraction of sp³-hybridized carbons (Fsp3) is 0.778.